The molecule has 202 valence electrons. The van der Waals surface area contributed by atoms with Gasteiger partial charge >= 0.3 is 12.0 Å². The fraction of sp³-hybridized carbons (Fsp3) is 0.393. The van der Waals surface area contributed by atoms with Gasteiger partial charge < -0.3 is 19.7 Å². The number of esters is 1. The van der Waals surface area contributed by atoms with Gasteiger partial charge in [0.2, 0.25) is 0 Å². The number of carbonyl (C=O) groups is 3. The number of ether oxygens (including phenoxy) is 2. The van der Waals surface area contributed by atoms with Crippen molar-refractivity contribution >= 4 is 17.9 Å². The Hall–Kier alpha value is -3.92. The van der Waals surface area contributed by atoms with Gasteiger partial charge in [-0.05, 0) is 49.7 Å². The first-order valence-electron chi connectivity index (χ1n) is 12.6. The molecular formula is C28H33FN4O5. The van der Waals surface area contributed by atoms with Crippen molar-refractivity contribution in [2.75, 3.05) is 46.9 Å². The molecule has 1 N–H and O–H groups in total. The van der Waals surface area contributed by atoms with Crippen molar-refractivity contribution in [3.8, 4) is 5.75 Å². The molecule has 2 aromatic rings. The molecule has 0 spiro atoms. The first-order valence-corrected chi connectivity index (χ1v) is 12.6. The lowest BCUT2D eigenvalue weighted by Gasteiger charge is -2.42. The largest absolute Gasteiger partial charge is 0.497 e. The summed E-state index contributed by atoms with van der Waals surface area (Å²) in [6.45, 7) is 5.65. The molecule has 38 heavy (non-hydrogen) atoms. The number of nitrogens with one attached hydrogen (secondary N) is 1. The smallest absolute Gasteiger partial charge is 0.338 e. The predicted molar refractivity (Wildman–Crippen MR) is 139 cm³/mol. The van der Waals surface area contributed by atoms with Crippen LogP contribution < -0.4 is 10.1 Å². The Morgan fingerprint density at radius 1 is 1.13 bits per heavy atom. The fourth-order valence-electron chi connectivity index (χ4n) is 4.92. The monoisotopic (exact) mass is 524 g/mol. The fourth-order valence-corrected chi connectivity index (χ4v) is 4.92. The van der Waals surface area contributed by atoms with Crippen LogP contribution in [0, 0.1) is 5.82 Å². The highest BCUT2D eigenvalue weighted by Gasteiger charge is 2.38. The zero-order valence-corrected chi connectivity index (χ0v) is 22.1. The topological polar surface area (TPSA) is 91.4 Å². The number of carbonyl (C=O) groups excluding carboxylic acids is 3. The molecule has 2 aliphatic rings. The molecular weight excluding hydrogens is 491 g/mol. The van der Waals surface area contributed by atoms with E-state index in [-0.39, 0.29) is 24.6 Å². The number of hydrogen-bond acceptors (Lipinski definition) is 6. The number of rotatable bonds is 7. The molecule has 1 saturated heterocycles. The number of hydrogen-bond donors (Lipinski definition) is 1. The summed E-state index contributed by atoms with van der Waals surface area (Å²) in [4.78, 5) is 44.5. The number of halogens is 1. The Morgan fingerprint density at radius 3 is 2.50 bits per heavy atom. The summed E-state index contributed by atoms with van der Waals surface area (Å²) in [5.74, 6) is -0.514. The maximum Gasteiger partial charge on any atom is 0.338 e. The van der Waals surface area contributed by atoms with Gasteiger partial charge in [-0.3, -0.25) is 14.6 Å². The summed E-state index contributed by atoms with van der Waals surface area (Å²) in [5.41, 5.74) is 1.95. The Morgan fingerprint density at radius 2 is 1.87 bits per heavy atom. The van der Waals surface area contributed by atoms with E-state index >= 15 is 0 Å². The van der Waals surface area contributed by atoms with Crippen LogP contribution in [0.15, 0.2) is 59.8 Å². The van der Waals surface area contributed by atoms with Gasteiger partial charge in [0.25, 0.3) is 5.91 Å². The first-order chi connectivity index (χ1) is 18.2. The summed E-state index contributed by atoms with van der Waals surface area (Å²) in [6, 6.07) is 11.7. The van der Waals surface area contributed by atoms with Crippen LogP contribution in [-0.2, 0) is 9.53 Å². The molecule has 3 amide bonds. The Balaban J connectivity index is 1.60. The number of nitrogens with zero attached hydrogens (tertiary/aromatic N) is 3. The second kappa shape index (κ2) is 11.6. The van der Waals surface area contributed by atoms with E-state index in [4.69, 9.17) is 9.47 Å². The van der Waals surface area contributed by atoms with Crippen molar-refractivity contribution < 1.29 is 28.2 Å². The number of benzene rings is 2. The minimum absolute atomic E-state index is 0.161. The van der Waals surface area contributed by atoms with Crippen LogP contribution in [0.5, 0.6) is 5.75 Å². The van der Waals surface area contributed by atoms with Gasteiger partial charge in [-0.25, -0.2) is 14.0 Å². The van der Waals surface area contributed by atoms with Gasteiger partial charge in [0.1, 0.15) is 11.6 Å². The van der Waals surface area contributed by atoms with E-state index in [1.54, 1.807) is 44.2 Å². The lowest BCUT2D eigenvalue weighted by Crippen LogP contribution is -2.56. The molecule has 1 fully saturated rings. The van der Waals surface area contributed by atoms with E-state index in [0.717, 1.165) is 5.56 Å². The van der Waals surface area contributed by atoms with E-state index in [1.165, 1.54) is 23.1 Å². The van der Waals surface area contributed by atoms with Crippen molar-refractivity contribution in [3.63, 3.8) is 0 Å². The van der Waals surface area contributed by atoms with E-state index in [9.17, 15) is 18.8 Å². The van der Waals surface area contributed by atoms with Crippen LogP contribution in [0.4, 0.5) is 9.18 Å². The molecule has 2 aromatic carbocycles. The lowest BCUT2D eigenvalue weighted by molar-refractivity contribution is -0.139. The second-order valence-corrected chi connectivity index (χ2v) is 9.39. The number of methoxy groups -OCH3 is 1. The van der Waals surface area contributed by atoms with Gasteiger partial charge in [0.15, 0.2) is 0 Å². The van der Waals surface area contributed by atoms with Gasteiger partial charge in [-0.1, -0.05) is 18.2 Å². The van der Waals surface area contributed by atoms with Crippen LogP contribution in [0.3, 0.4) is 0 Å². The minimum atomic E-state index is -0.688. The normalized spacial score (nSPS) is 20.3. The third kappa shape index (κ3) is 5.65. The maximum atomic E-state index is 13.7. The molecule has 2 heterocycles. The molecule has 4 rings (SSSR count). The van der Waals surface area contributed by atoms with Gasteiger partial charge in [-0.2, -0.15) is 0 Å². The van der Waals surface area contributed by atoms with Crippen molar-refractivity contribution in [3.05, 3.63) is 76.7 Å². The quantitative estimate of drug-likeness (QED) is 0.560. The highest BCUT2D eigenvalue weighted by molar-refractivity contribution is 5.95. The SMILES string of the molecule is CCOC(=O)C1=C(CN2CCN(C(=O)c3cccc(F)c3)C(C)C2)N(C)C(=O)NC1c1ccc(OC)cc1. The van der Waals surface area contributed by atoms with E-state index in [0.29, 0.717) is 48.8 Å². The molecule has 2 atom stereocenters. The molecule has 0 aromatic heterocycles. The molecule has 0 aliphatic carbocycles. The van der Waals surface area contributed by atoms with E-state index < -0.39 is 17.8 Å². The van der Waals surface area contributed by atoms with Crippen molar-refractivity contribution in [2.45, 2.75) is 25.9 Å². The van der Waals surface area contributed by atoms with Crippen LogP contribution in [0.25, 0.3) is 0 Å². The zero-order valence-electron chi connectivity index (χ0n) is 22.1. The Labute approximate surface area is 221 Å². The van der Waals surface area contributed by atoms with E-state index in [1.807, 2.05) is 19.1 Å². The van der Waals surface area contributed by atoms with Crippen molar-refractivity contribution in [1.29, 1.82) is 0 Å². The Kier molecular flexibility index (Phi) is 8.31. The third-order valence-corrected chi connectivity index (χ3v) is 6.94. The highest BCUT2D eigenvalue weighted by atomic mass is 19.1. The average molecular weight is 525 g/mol. The van der Waals surface area contributed by atoms with E-state index in [2.05, 4.69) is 10.2 Å². The summed E-state index contributed by atoms with van der Waals surface area (Å²) in [7, 11) is 3.20. The first kappa shape index (κ1) is 27.1. The lowest BCUT2D eigenvalue weighted by atomic mass is 9.94. The van der Waals surface area contributed by atoms with Crippen LogP contribution in [0.1, 0.15) is 35.8 Å². The average Bonchev–Trinajstić information content (AvgIpc) is 2.91. The zero-order chi connectivity index (χ0) is 27.4. The molecule has 9 nitrogen and oxygen atoms in total. The molecule has 0 radical (unpaired) electrons. The molecule has 0 saturated carbocycles. The third-order valence-electron chi connectivity index (χ3n) is 6.94. The van der Waals surface area contributed by atoms with Crippen molar-refractivity contribution in [2.24, 2.45) is 0 Å². The van der Waals surface area contributed by atoms with Crippen LogP contribution in [0.2, 0.25) is 0 Å². The van der Waals surface area contributed by atoms with Gasteiger partial charge in [0, 0.05) is 50.5 Å². The van der Waals surface area contributed by atoms with Gasteiger partial charge in [0.05, 0.1) is 25.3 Å². The second-order valence-electron chi connectivity index (χ2n) is 9.39. The van der Waals surface area contributed by atoms with Crippen molar-refractivity contribution in [1.82, 2.24) is 20.0 Å². The molecule has 0 bridgehead atoms. The standard InChI is InChI=1S/C28H33FN4O5/c1-5-38-27(35)24-23(31(3)28(36)30-25(24)19-9-11-22(37-4)12-10-19)17-32-13-14-33(18(2)16-32)26(34)20-7-6-8-21(29)15-20/h6-12,15,18,25H,5,13-14,16-17H2,1-4H3,(H,30,36). The highest BCUT2D eigenvalue weighted by Crippen LogP contribution is 2.32. The number of amides is 3. The number of likely N-dealkylation sites (N-methyl/N-ethyl adjacent to an activating group) is 1. The summed E-state index contributed by atoms with van der Waals surface area (Å²) in [5, 5.41) is 2.92. The summed E-state index contributed by atoms with van der Waals surface area (Å²) in [6.07, 6.45) is 0. The molecule has 2 aliphatic heterocycles. The number of piperazine rings is 1. The minimum Gasteiger partial charge on any atom is -0.497 e. The van der Waals surface area contributed by atoms with Crippen LogP contribution >= 0.6 is 0 Å². The summed E-state index contributed by atoms with van der Waals surface area (Å²) >= 11 is 0. The van der Waals surface area contributed by atoms with Gasteiger partial charge in [-0.15, -0.1) is 0 Å². The van der Waals surface area contributed by atoms with Crippen LogP contribution in [-0.4, -0.2) is 85.6 Å². The number of urea groups is 1. The molecule has 2 unspecified atom stereocenters. The predicted octanol–water partition coefficient (Wildman–Crippen LogP) is 3.19. The summed E-state index contributed by atoms with van der Waals surface area (Å²) < 4.78 is 24.3. The molecule has 10 heteroatoms. The Bertz CT molecular complexity index is 1230. The maximum absolute atomic E-state index is 13.7.